The van der Waals surface area contributed by atoms with Crippen molar-refractivity contribution in [1.29, 1.82) is 0 Å². The SMILES string of the molecule is S=C(Nc1ccn(Cc2ccc(Cl)c(Cl)c2)n1)Nc1ccccc1Cl. The summed E-state index contributed by atoms with van der Waals surface area (Å²) in [5.41, 5.74) is 1.73. The highest BCUT2D eigenvalue weighted by molar-refractivity contribution is 7.80. The Hall–Kier alpha value is -1.79. The molecule has 0 saturated carbocycles. The summed E-state index contributed by atoms with van der Waals surface area (Å²) in [5.74, 6) is 0.629. The highest BCUT2D eigenvalue weighted by Crippen LogP contribution is 2.23. The summed E-state index contributed by atoms with van der Waals surface area (Å²) < 4.78 is 1.78. The van der Waals surface area contributed by atoms with Gasteiger partial charge in [0.2, 0.25) is 0 Å². The number of nitrogens with zero attached hydrogens (tertiary/aromatic N) is 2. The minimum atomic E-state index is 0.410. The molecule has 2 N–H and O–H groups in total. The van der Waals surface area contributed by atoms with Gasteiger partial charge in [-0.2, -0.15) is 5.10 Å². The van der Waals surface area contributed by atoms with E-state index in [0.717, 1.165) is 11.3 Å². The molecule has 0 saturated heterocycles. The highest BCUT2D eigenvalue weighted by Gasteiger charge is 2.06. The van der Waals surface area contributed by atoms with Crippen LogP contribution in [0.5, 0.6) is 0 Å². The van der Waals surface area contributed by atoms with E-state index in [-0.39, 0.29) is 0 Å². The lowest BCUT2D eigenvalue weighted by molar-refractivity contribution is 0.690. The number of aromatic nitrogens is 2. The number of rotatable bonds is 4. The van der Waals surface area contributed by atoms with E-state index < -0.39 is 0 Å². The molecule has 0 bridgehead atoms. The molecule has 0 fully saturated rings. The number of anilines is 2. The molecule has 0 amide bonds. The monoisotopic (exact) mass is 410 g/mol. The smallest absolute Gasteiger partial charge is 0.176 e. The van der Waals surface area contributed by atoms with Crippen molar-refractivity contribution in [2.45, 2.75) is 6.54 Å². The first kappa shape index (κ1) is 18.0. The number of benzene rings is 2. The third kappa shape index (κ3) is 4.86. The summed E-state index contributed by atoms with van der Waals surface area (Å²) in [6, 6.07) is 14.7. The van der Waals surface area contributed by atoms with Crippen LogP contribution < -0.4 is 10.6 Å². The standard InChI is InChI=1S/C17H13Cl3N4S/c18-12-6-5-11(9-14(12)20)10-24-8-7-16(23-24)22-17(25)21-15-4-2-1-3-13(15)19/h1-9H,10H2,(H2,21,22,23,25). The Morgan fingerprint density at radius 1 is 0.960 bits per heavy atom. The van der Waals surface area contributed by atoms with Gasteiger partial charge in [0, 0.05) is 12.3 Å². The van der Waals surface area contributed by atoms with Gasteiger partial charge in [-0.25, -0.2) is 0 Å². The molecule has 3 rings (SSSR count). The highest BCUT2D eigenvalue weighted by atomic mass is 35.5. The summed E-state index contributed by atoms with van der Waals surface area (Å²) >= 11 is 23.3. The predicted octanol–water partition coefficient (Wildman–Crippen LogP) is 5.70. The van der Waals surface area contributed by atoms with Gasteiger partial charge in [0.05, 0.1) is 27.3 Å². The molecule has 1 aromatic heterocycles. The number of thiocarbonyl (C=S) groups is 1. The van der Waals surface area contributed by atoms with Gasteiger partial charge in [-0.1, -0.05) is 53.0 Å². The van der Waals surface area contributed by atoms with E-state index >= 15 is 0 Å². The Morgan fingerprint density at radius 3 is 2.52 bits per heavy atom. The number of halogens is 3. The lowest BCUT2D eigenvalue weighted by atomic mass is 10.2. The van der Waals surface area contributed by atoms with Crippen molar-refractivity contribution in [3.8, 4) is 0 Å². The van der Waals surface area contributed by atoms with Gasteiger partial charge >= 0.3 is 0 Å². The molecule has 8 heteroatoms. The fraction of sp³-hybridized carbons (Fsp3) is 0.0588. The van der Waals surface area contributed by atoms with E-state index in [9.17, 15) is 0 Å². The molecule has 128 valence electrons. The first-order chi connectivity index (χ1) is 12.0. The summed E-state index contributed by atoms with van der Waals surface area (Å²) in [6.45, 7) is 0.573. The van der Waals surface area contributed by atoms with Crippen molar-refractivity contribution >= 4 is 63.6 Å². The molecule has 1 heterocycles. The fourth-order valence-electron chi connectivity index (χ4n) is 2.17. The van der Waals surface area contributed by atoms with E-state index in [1.807, 2.05) is 42.6 Å². The zero-order valence-corrected chi connectivity index (χ0v) is 15.9. The Kier molecular flexibility index (Phi) is 5.81. The number of nitrogens with one attached hydrogen (secondary N) is 2. The van der Waals surface area contributed by atoms with Crippen molar-refractivity contribution in [3.05, 3.63) is 75.4 Å². The van der Waals surface area contributed by atoms with Crippen LogP contribution in [0.25, 0.3) is 0 Å². The Labute approximate surface area is 165 Å². The molecule has 0 aliphatic heterocycles. The van der Waals surface area contributed by atoms with Crippen molar-refractivity contribution in [1.82, 2.24) is 9.78 Å². The molecule has 0 aliphatic rings. The Morgan fingerprint density at radius 2 is 1.76 bits per heavy atom. The van der Waals surface area contributed by atoms with Gasteiger partial charge in [0.1, 0.15) is 0 Å². The third-order valence-corrected chi connectivity index (χ3v) is 4.61. The first-order valence-electron chi connectivity index (χ1n) is 7.31. The summed E-state index contributed by atoms with van der Waals surface area (Å²) in [4.78, 5) is 0. The second kappa shape index (κ2) is 8.06. The van der Waals surface area contributed by atoms with Crippen molar-refractivity contribution in [2.24, 2.45) is 0 Å². The van der Waals surface area contributed by atoms with E-state index in [1.165, 1.54) is 0 Å². The van der Waals surface area contributed by atoms with Gasteiger partial charge in [-0.3, -0.25) is 4.68 Å². The van der Waals surface area contributed by atoms with E-state index in [2.05, 4.69) is 15.7 Å². The fourth-order valence-corrected chi connectivity index (χ4v) is 2.89. The van der Waals surface area contributed by atoms with Gasteiger partial charge in [-0.15, -0.1) is 0 Å². The molecule has 4 nitrogen and oxygen atoms in total. The Balaban J connectivity index is 1.62. The maximum absolute atomic E-state index is 6.10. The third-order valence-electron chi connectivity index (χ3n) is 3.33. The second-order valence-electron chi connectivity index (χ2n) is 5.21. The molecular formula is C17H13Cl3N4S. The summed E-state index contributed by atoms with van der Waals surface area (Å²) in [7, 11) is 0. The molecule has 0 atom stereocenters. The summed E-state index contributed by atoms with van der Waals surface area (Å²) in [6.07, 6.45) is 1.85. The van der Waals surface area contributed by atoms with Crippen LogP contribution in [0, 0.1) is 0 Å². The number of para-hydroxylation sites is 1. The van der Waals surface area contributed by atoms with Crippen LogP contribution in [0.1, 0.15) is 5.56 Å². The quantitative estimate of drug-likeness (QED) is 0.540. The maximum atomic E-state index is 6.10. The normalized spacial score (nSPS) is 10.5. The molecule has 0 radical (unpaired) electrons. The largest absolute Gasteiger partial charge is 0.331 e. The minimum Gasteiger partial charge on any atom is -0.331 e. The minimum absolute atomic E-state index is 0.410. The second-order valence-corrected chi connectivity index (χ2v) is 6.84. The zero-order chi connectivity index (χ0) is 17.8. The van der Waals surface area contributed by atoms with Crippen LogP contribution in [-0.4, -0.2) is 14.9 Å². The van der Waals surface area contributed by atoms with Gasteiger partial charge in [0.15, 0.2) is 10.9 Å². The van der Waals surface area contributed by atoms with Crippen molar-refractivity contribution in [3.63, 3.8) is 0 Å². The molecule has 0 unspecified atom stereocenters. The number of hydrogen-bond donors (Lipinski definition) is 2. The topological polar surface area (TPSA) is 41.9 Å². The van der Waals surface area contributed by atoms with E-state index in [4.69, 9.17) is 47.0 Å². The number of hydrogen-bond acceptors (Lipinski definition) is 2. The van der Waals surface area contributed by atoms with Crippen molar-refractivity contribution in [2.75, 3.05) is 10.6 Å². The van der Waals surface area contributed by atoms with Gasteiger partial charge in [0.25, 0.3) is 0 Å². The van der Waals surface area contributed by atoms with Crippen LogP contribution in [0.2, 0.25) is 15.1 Å². The lowest BCUT2D eigenvalue weighted by Crippen LogP contribution is -2.19. The summed E-state index contributed by atoms with van der Waals surface area (Å²) in [5, 5.41) is 12.6. The average molecular weight is 412 g/mol. The van der Waals surface area contributed by atoms with Crippen LogP contribution in [0.3, 0.4) is 0 Å². The predicted molar refractivity (Wildman–Crippen MR) is 109 cm³/mol. The first-order valence-corrected chi connectivity index (χ1v) is 8.85. The molecule has 0 spiro atoms. The van der Waals surface area contributed by atoms with Crippen molar-refractivity contribution < 1.29 is 0 Å². The average Bonchev–Trinajstić information content (AvgIpc) is 3.00. The Bertz CT molecular complexity index is 910. The van der Waals surface area contributed by atoms with E-state index in [0.29, 0.717) is 32.5 Å². The zero-order valence-electron chi connectivity index (χ0n) is 12.8. The van der Waals surface area contributed by atoms with Crippen LogP contribution in [-0.2, 0) is 6.54 Å². The lowest BCUT2D eigenvalue weighted by Gasteiger charge is -2.09. The molecule has 0 aliphatic carbocycles. The van der Waals surface area contributed by atoms with Crippen LogP contribution in [0.4, 0.5) is 11.5 Å². The van der Waals surface area contributed by atoms with E-state index in [1.54, 1.807) is 16.8 Å². The molecule has 2 aromatic carbocycles. The molecule has 25 heavy (non-hydrogen) atoms. The maximum Gasteiger partial charge on any atom is 0.176 e. The van der Waals surface area contributed by atoms with Gasteiger partial charge < -0.3 is 10.6 Å². The van der Waals surface area contributed by atoms with Crippen LogP contribution in [0.15, 0.2) is 54.7 Å². The van der Waals surface area contributed by atoms with Crippen LogP contribution >= 0.6 is 47.0 Å². The van der Waals surface area contributed by atoms with Gasteiger partial charge in [-0.05, 0) is 42.0 Å². The molecular weight excluding hydrogens is 399 g/mol. The molecule has 3 aromatic rings.